The molecule has 0 unspecified atom stereocenters. The van der Waals surface area contributed by atoms with Crippen molar-refractivity contribution in [2.45, 2.75) is 6.92 Å². The topological polar surface area (TPSA) is 106 Å². The van der Waals surface area contributed by atoms with Crippen molar-refractivity contribution in [3.05, 3.63) is 29.8 Å². The molecule has 1 rings (SSSR count). The predicted molar refractivity (Wildman–Crippen MR) is 89.1 cm³/mol. The van der Waals surface area contributed by atoms with Gasteiger partial charge in [0, 0.05) is 19.7 Å². The Morgan fingerprint density at radius 1 is 1.42 bits per heavy atom. The van der Waals surface area contributed by atoms with Crippen molar-refractivity contribution < 1.29 is 19.1 Å². The summed E-state index contributed by atoms with van der Waals surface area (Å²) in [5.74, 6) is -0.197. The molecule has 0 heterocycles. The zero-order chi connectivity index (χ0) is 18.1. The summed E-state index contributed by atoms with van der Waals surface area (Å²) in [6, 6.07) is 7.12. The number of rotatable bonds is 8. The molecule has 0 aliphatic heterocycles. The Hall–Kier alpha value is -3.01. The molecule has 7 heteroatoms. The van der Waals surface area contributed by atoms with Crippen LogP contribution in [0.4, 0.5) is 0 Å². The van der Waals surface area contributed by atoms with Crippen molar-refractivity contribution >= 4 is 17.9 Å². The molecule has 7 nitrogen and oxygen atoms in total. The Balaban J connectivity index is 2.79. The second-order valence-corrected chi connectivity index (χ2v) is 5.25. The molecule has 0 aromatic heterocycles. The molecular weight excluding hydrogens is 310 g/mol. The molecule has 1 aromatic carbocycles. The minimum atomic E-state index is -0.582. The normalized spacial score (nSPS) is 11.6. The van der Waals surface area contributed by atoms with E-state index >= 15 is 0 Å². The van der Waals surface area contributed by atoms with Gasteiger partial charge >= 0.3 is 0 Å². The van der Waals surface area contributed by atoms with Crippen LogP contribution in [0.25, 0.3) is 6.08 Å². The molecule has 0 aliphatic carbocycles. The van der Waals surface area contributed by atoms with Crippen LogP contribution in [0.15, 0.2) is 24.3 Å². The smallest absolute Gasteiger partial charge is 0.255 e. The van der Waals surface area contributed by atoms with Crippen molar-refractivity contribution in [3.8, 4) is 17.6 Å². The Bertz CT molecular complexity index is 664. The van der Waals surface area contributed by atoms with Gasteiger partial charge in [-0.15, -0.1) is 0 Å². The Labute approximate surface area is 141 Å². The number of ether oxygens (including phenoxy) is 2. The maximum absolute atomic E-state index is 12.0. The van der Waals surface area contributed by atoms with Gasteiger partial charge in [-0.25, -0.2) is 0 Å². The fourth-order valence-corrected chi connectivity index (χ4v) is 1.89. The highest BCUT2D eigenvalue weighted by atomic mass is 16.5. The summed E-state index contributed by atoms with van der Waals surface area (Å²) in [6.07, 6.45) is 3.05. The molecule has 0 saturated heterocycles. The first kappa shape index (κ1) is 19.0. The number of carbonyl (C=O) groups is 2. The molecule has 0 spiro atoms. The van der Waals surface area contributed by atoms with Crippen LogP contribution in [-0.4, -0.2) is 44.0 Å². The molecular formula is C17H21N3O4. The standard InChI is InChI=1S/C17H21N3O4/c1-12(9-18)10-20(2)17(22)7-5-13-4-6-14(15(8-13)23-3)24-11-16(19)21/h4-8,12H,10-11H2,1-3H3,(H2,19,21)/b7-5-/t12-/m0/s1. The van der Waals surface area contributed by atoms with Gasteiger partial charge in [-0.3, -0.25) is 9.59 Å². The lowest BCUT2D eigenvalue weighted by molar-refractivity contribution is -0.125. The van der Waals surface area contributed by atoms with E-state index < -0.39 is 5.91 Å². The number of carbonyl (C=O) groups excluding carboxylic acids is 2. The van der Waals surface area contributed by atoms with E-state index in [9.17, 15) is 9.59 Å². The monoisotopic (exact) mass is 331 g/mol. The Kier molecular flexibility index (Phi) is 7.30. The first-order valence-corrected chi connectivity index (χ1v) is 7.29. The minimum Gasteiger partial charge on any atom is -0.493 e. The van der Waals surface area contributed by atoms with Gasteiger partial charge in [0.05, 0.1) is 19.1 Å². The first-order valence-electron chi connectivity index (χ1n) is 7.29. The van der Waals surface area contributed by atoms with Crippen LogP contribution in [0.5, 0.6) is 11.5 Å². The molecule has 0 saturated carbocycles. The fourth-order valence-electron chi connectivity index (χ4n) is 1.89. The molecule has 2 amide bonds. The van der Waals surface area contributed by atoms with Crippen molar-refractivity contribution in [1.82, 2.24) is 4.90 Å². The van der Waals surface area contributed by atoms with Crippen molar-refractivity contribution in [3.63, 3.8) is 0 Å². The molecule has 0 aliphatic rings. The third-order valence-corrected chi connectivity index (χ3v) is 3.12. The summed E-state index contributed by atoms with van der Waals surface area (Å²) in [5, 5.41) is 8.77. The Morgan fingerprint density at radius 2 is 2.12 bits per heavy atom. The molecule has 24 heavy (non-hydrogen) atoms. The molecule has 1 aromatic rings. The lowest BCUT2D eigenvalue weighted by atomic mass is 10.1. The van der Waals surface area contributed by atoms with E-state index in [-0.39, 0.29) is 18.4 Å². The molecule has 2 N–H and O–H groups in total. The summed E-state index contributed by atoms with van der Waals surface area (Å²) >= 11 is 0. The van der Waals surface area contributed by atoms with Gasteiger partial charge in [-0.05, 0) is 30.7 Å². The van der Waals surface area contributed by atoms with Crippen LogP contribution < -0.4 is 15.2 Å². The fraction of sp³-hybridized carbons (Fsp3) is 0.353. The lowest BCUT2D eigenvalue weighted by Crippen LogP contribution is -2.29. The maximum Gasteiger partial charge on any atom is 0.255 e. The van der Waals surface area contributed by atoms with Crippen LogP contribution in [-0.2, 0) is 9.59 Å². The third kappa shape index (κ3) is 6.01. The van der Waals surface area contributed by atoms with E-state index in [1.54, 1.807) is 38.2 Å². The van der Waals surface area contributed by atoms with Gasteiger partial charge in [0.2, 0.25) is 5.91 Å². The van der Waals surface area contributed by atoms with Gasteiger partial charge in [0.25, 0.3) is 5.91 Å². The summed E-state index contributed by atoms with van der Waals surface area (Å²) in [7, 11) is 3.12. The van der Waals surface area contributed by atoms with Gasteiger partial charge < -0.3 is 20.1 Å². The number of likely N-dealkylation sites (N-methyl/N-ethyl adjacent to an activating group) is 1. The minimum absolute atomic E-state index is 0.204. The van der Waals surface area contributed by atoms with Gasteiger partial charge in [0.1, 0.15) is 0 Å². The third-order valence-electron chi connectivity index (χ3n) is 3.12. The van der Waals surface area contributed by atoms with E-state index in [4.69, 9.17) is 20.5 Å². The molecule has 128 valence electrons. The van der Waals surface area contributed by atoms with Gasteiger partial charge in [-0.1, -0.05) is 6.07 Å². The number of nitrogens with zero attached hydrogens (tertiary/aromatic N) is 2. The molecule has 1 atom stereocenters. The summed E-state index contributed by atoms with van der Waals surface area (Å²) in [6.45, 7) is 1.87. The number of methoxy groups -OCH3 is 1. The van der Waals surface area contributed by atoms with Crippen molar-refractivity contribution in [2.75, 3.05) is 27.3 Å². The van der Waals surface area contributed by atoms with Crippen LogP contribution in [0.1, 0.15) is 12.5 Å². The number of hydrogen-bond donors (Lipinski definition) is 1. The van der Waals surface area contributed by atoms with Gasteiger partial charge in [-0.2, -0.15) is 5.26 Å². The quantitative estimate of drug-likeness (QED) is 0.720. The molecule has 0 radical (unpaired) electrons. The van der Waals surface area contributed by atoms with E-state index in [1.807, 2.05) is 0 Å². The average molecular weight is 331 g/mol. The van der Waals surface area contributed by atoms with Crippen molar-refractivity contribution in [1.29, 1.82) is 5.26 Å². The Morgan fingerprint density at radius 3 is 2.71 bits per heavy atom. The van der Waals surface area contributed by atoms with E-state index in [0.29, 0.717) is 18.0 Å². The number of nitrogens with two attached hydrogens (primary N) is 1. The highest BCUT2D eigenvalue weighted by Crippen LogP contribution is 2.28. The van der Waals surface area contributed by atoms with Crippen LogP contribution in [0, 0.1) is 17.2 Å². The van der Waals surface area contributed by atoms with Gasteiger partial charge in [0.15, 0.2) is 18.1 Å². The second kappa shape index (κ2) is 9.20. The van der Waals surface area contributed by atoms with Crippen LogP contribution in [0.2, 0.25) is 0 Å². The van der Waals surface area contributed by atoms with Crippen LogP contribution in [0.3, 0.4) is 0 Å². The summed E-state index contributed by atoms with van der Waals surface area (Å²) < 4.78 is 10.4. The molecule has 0 bridgehead atoms. The number of primary amides is 1. The summed E-state index contributed by atoms with van der Waals surface area (Å²) in [4.78, 5) is 24.2. The van der Waals surface area contributed by atoms with Crippen molar-refractivity contribution in [2.24, 2.45) is 11.7 Å². The van der Waals surface area contributed by atoms with E-state index in [0.717, 1.165) is 5.56 Å². The largest absolute Gasteiger partial charge is 0.493 e. The summed E-state index contributed by atoms with van der Waals surface area (Å²) in [5.41, 5.74) is 5.77. The predicted octanol–water partition coefficient (Wildman–Crippen LogP) is 1.19. The van der Waals surface area contributed by atoms with E-state index in [1.165, 1.54) is 18.1 Å². The second-order valence-electron chi connectivity index (χ2n) is 5.25. The lowest BCUT2D eigenvalue weighted by Gasteiger charge is -2.16. The highest BCUT2D eigenvalue weighted by molar-refractivity contribution is 5.91. The SMILES string of the molecule is COc1cc(/C=C\C(=O)N(C)C[C@@H](C)C#N)ccc1OCC(N)=O. The maximum atomic E-state index is 12.0. The number of nitriles is 1. The number of amides is 2. The van der Waals surface area contributed by atoms with E-state index in [2.05, 4.69) is 6.07 Å². The first-order chi connectivity index (χ1) is 11.4. The highest BCUT2D eigenvalue weighted by Gasteiger charge is 2.10. The number of benzene rings is 1. The number of hydrogen-bond acceptors (Lipinski definition) is 5. The molecule has 0 fully saturated rings. The zero-order valence-electron chi connectivity index (χ0n) is 14.0. The van der Waals surface area contributed by atoms with Crippen LogP contribution >= 0.6 is 0 Å². The zero-order valence-corrected chi connectivity index (χ0v) is 14.0. The average Bonchev–Trinajstić information content (AvgIpc) is 2.57.